The number of esters is 1. The molecule has 0 unspecified atom stereocenters. The van der Waals surface area contributed by atoms with E-state index in [1.54, 1.807) is 13.8 Å². The summed E-state index contributed by atoms with van der Waals surface area (Å²) < 4.78 is 4.66. The zero-order valence-corrected chi connectivity index (χ0v) is 10.1. The maximum Gasteiger partial charge on any atom is 0.313 e. The number of aryl methyl sites for hydroxylation is 1. The normalized spacial score (nSPS) is 9.89. The largest absolute Gasteiger partial charge is 0.466 e. The highest BCUT2D eigenvalue weighted by Crippen LogP contribution is 2.18. The van der Waals surface area contributed by atoms with Gasteiger partial charge in [-0.3, -0.25) is 19.7 Å². The molecule has 0 aliphatic heterocycles. The second-order valence-corrected chi connectivity index (χ2v) is 3.66. The van der Waals surface area contributed by atoms with E-state index in [0.717, 1.165) is 0 Å². The van der Waals surface area contributed by atoms with E-state index < -0.39 is 23.1 Å². The van der Waals surface area contributed by atoms with Gasteiger partial charge in [0.05, 0.1) is 11.5 Å². The Morgan fingerprint density at radius 1 is 1.39 bits per heavy atom. The van der Waals surface area contributed by atoms with Crippen LogP contribution in [0.2, 0.25) is 0 Å². The quantitative estimate of drug-likeness (QED) is 0.263. The summed E-state index contributed by atoms with van der Waals surface area (Å²) in [6.07, 6.45) is -0.407. The van der Waals surface area contributed by atoms with Crippen molar-refractivity contribution in [3.63, 3.8) is 0 Å². The van der Waals surface area contributed by atoms with Crippen molar-refractivity contribution in [3.8, 4) is 0 Å². The minimum Gasteiger partial charge on any atom is -0.466 e. The van der Waals surface area contributed by atoms with Crippen LogP contribution in [-0.2, 0) is 9.53 Å². The number of nitrogens with zero attached hydrogens (tertiary/aromatic N) is 1. The van der Waals surface area contributed by atoms with Crippen molar-refractivity contribution in [3.05, 3.63) is 39.4 Å². The van der Waals surface area contributed by atoms with Crippen molar-refractivity contribution >= 4 is 17.4 Å². The third-order valence-electron chi connectivity index (χ3n) is 2.34. The van der Waals surface area contributed by atoms with Gasteiger partial charge in [-0.2, -0.15) is 0 Å². The van der Waals surface area contributed by atoms with Gasteiger partial charge in [0.15, 0.2) is 5.78 Å². The molecule has 0 aliphatic carbocycles. The number of non-ortho nitro benzene ring substituents is 1. The zero-order valence-electron chi connectivity index (χ0n) is 10.1. The maximum atomic E-state index is 11.8. The van der Waals surface area contributed by atoms with E-state index in [1.807, 2.05) is 0 Å². The van der Waals surface area contributed by atoms with Crippen LogP contribution in [0, 0.1) is 17.0 Å². The summed E-state index contributed by atoms with van der Waals surface area (Å²) in [6.45, 7) is 3.49. The molecular weight excluding hydrogens is 238 g/mol. The van der Waals surface area contributed by atoms with Gasteiger partial charge in [-0.25, -0.2) is 0 Å². The SMILES string of the molecule is CCOC(=O)CC(=O)c1cc([N+](=O)[O-])ccc1C. The van der Waals surface area contributed by atoms with Crippen LogP contribution in [0.25, 0.3) is 0 Å². The predicted octanol–water partition coefficient (Wildman–Crippen LogP) is 2.04. The number of nitro benzene ring substituents is 1. The van der Waals surface area contributed by atoms with Crippen molar-refractivity contribution in [1.82, 2.24) is 0 Å². The highest BCUT2D eigenvalue weighted by atomic mass is 16.6. The van der Waals surface area contributed by atoms with Gasteiger partial charge in [0.2, 0.25) is 0 Å². The molecule has 0 N–H and O–H groups in total. The molecule has 0 heterocycles. The second kappa shape index (κ2) is 5.90. The first-order valence-corrected chi connectivity index (χ1v) is 5.39. The molecule has 6 nitrogen and oxygen atoms in total. The van der Waals surface area contributed by atoms with E-state index in [9.17, 15) is 19.7 Å². The first-order chi connectivity index (χ1) is 8.45. The van der Waals surface area contributed by atoms with Gasteiger partial charge in [0, 0.05) is 17.7 Å². The smallest absolute Gasteiger partial charge is 0.313 e. The molecule has 1 aromatic carbocycles. The number of rotatable bonds is 5. The molecule has 18 heavy (non-hydrogen) atoms. The standard InChI is InChI=1S/C12H13NO5/c1-3-18-12(15)7-11(14)10-6-9(13(16)17)5-4-8(10)2/h4-6H,3,7H2,1-2H3. The Morgan fingerprint density at radius 3 is 2.61 bits per heavy atom. The van der Waals surface area contributed by atoms with Gasteiger partial charge in [0.25, 0.3) is 5.69 Å². The molecule has 96 valence electrons. The Labute approximate surface area is 104 Å². The van der Waals surface area contributed by atoms with Crippen LogP contribution in [0.1, 0.15) is 29.3 Å². The molecule has 6 heteroatoms. The lowest BCUT2D eigenvalue weighted by Gasteiger charge is -2.04. The lowest BCUT2D eigenvalue weighted by atomic mass is 10.0. The van der Waals surface area contributed by atoms with E-state index >= 15 is 0 Å². The van der Waals surface area contributed by atoms with Crippen LogP contribution in [0.4, 0.5) is 5.69 Å². The number of ether oxygens (including phenoxy) is 1. The van der Waals surface area contributed by atoms with E-state index in [4.69, 9.17) is 0 Å². The summed E-state index contributed by atoms with van der Waals surface area (Å²) in [5.74, 6) is -1.11. The number of carbonyl (C=O) groups is 2. The molecule has 0 spiro atoms. The lowest BCUT2D eigenvalue weighted by Crippen LogP contribution is -2.12. The van der Waals surface area contributed by atoms with E-state index in [2.05, 4.69) is 4.74 Å². The van der Waals surface area contributed by atoms with Gasteiger partial charge < -0.3 is 4.74 Å². The van der Waals surface area contributed by atoms with Gasteiger partial charge >= 0.3 is 5.97 Å². The van der Waals surface area contributed by atoms with Crippen LogP contribution in [0.3, 0.4) is 0 Å². The van der Waals surface area contributed by atoms with E-state index in [0.29, 0.717) is 5.56 Å². The fourth-order valence-corrected chi connectivity index (χ4v) is 1.46. The lowest BCUT2D eigenvalue weighted by molar-refractivity contribution is -0.384. The highest BCUT2D eigenvalue weighted by molar-refractivity contribution is 6.07. The molecule has 0 amide bonds. The first-order valence-electron chi connectivity index (χ1n) is 5.39. The molecule has 0 atom stereocenters. The van der Waals surface area contributed by atoms with Crippen LogP contribution in [0.5, 0.6) is 0 Å². The van der Waals surface area contributed by atoms with Crippen LogP contribution < -0.4 is 0 Å². The van der Waals surface area contributed by atoms with E-state index in [-0.39, 0.29) is 17.9 Å². The van der Waals surface area contributed by atoms with Gasteiger partial charge in [0.1, 0.15) is 6.42 Å². The number of benzene rings is 1. The molecule has 1 rings (SSSR count). The number of ketones is 1. The molecule has 0 bridgehead atoms. The van der Waals surface area contributed by atoms with Crippen molar-refractivity contribution in [1.29, 1.82) is 0 Å². The van der Waals surface area contributed by atoms with Gasteiger partial charge in [-0.1, -0.05) is 6.07 Å². The molecule has 0 fully saturated rings. The monoisotopic (exact) mass is 251 g/mol. The summed E-state index contributed by atoms with van der Waals surface area (Å²) in [6, 6.07) is 3.98. The minimum absolute atomic E-state index is 0.173. The summed E-state index contributed by atoms with van der Waals surface area (Å²) >= 11 is 0. The third-order valence-corrected chi connectivity index (χ3v) is 2.34. The van der Waals surface area contributed by atoms with Crippen LogP contribution >= 0.6 is 0 Å². The molecular formula is C12H13NO5. The number of Topliss-reactive ketones (excluding diaryl/α,β-unsaturated/α-hetero) is 1. The molecule has 0 saturated heterocycles. The topological polar surface area (TPSA) is 86.5 Å². The van der Waals surface area contributed by atoms with Crippen molar-refractivity contribution in [2.75, 3.05) is 6.61 Å². The van der Waals surface area contributed by atoms with Gasteiger partial charge in [-0.05, 0) is 19.4 Å². The highest BCUT2D eigenvalue weighted by Gasteiger charge is 2.17. The summed E-state index contributed by atoms with van der Waals surface area (Å²) in [5, 5.41) is 10.6. The Balaban J connectivity index is 2.94. The molecule has 0 aliphatic rings. The first kappa shape index (κ1) is 13.8. The number of hydrogen-bond acceptors (Lipinski definition) is 5. The molecule has 0 radical (unpaired) electrons. The van der Waals surface area contributed by atoms with E-state index in [1.165, 1.54) is 18.2 Å². The predicted molar refractivity (Wildman–Crippen MR) is 63.4 cm³/mol. The second-order valence-electron chi connectivity index (χ2n) is 3.66. The summed E-state index contributed by atoms with van der Waals surface area (Å²) in [5.41, 5.74) is 0.597. The fraction of sp³-hybridized carbons (Fsp3) is 0.333. The fourth-order valence-electron chi connectivity index (χ4n) is 1.46. The van der Waals surface area contributed by atoms with Crippen LogP contribution in [-0.4, -0.2) is 23.3 Å². The molecule has 0 saturated carbocycles. The summed E-state index contributed by atoms with van der Waals surface area (Å²) in [4.78, 5) is 33.0. The van der Waals surface area contributed by atoms with Gasteiger partial charge in [-0.15, -0.1) is 0 Å². The maximum absolute atomic E-state index is 11.8. The third kappa shape index (κ3) is 3.38. The number of carbonyl (C=O) groups excluding carboxylic acids is 2. The Kier molecular flexibility index (Phi) is 4.53. The van der Waals surface area contributed by atoms with Crippen molar-refractivity contribution in [2.24, 2.45) is 0 Å². The molecule has 1 aromatic rings. The Morgan fingerprint density at radius 2 is 2.06 bits per heavy atom. The van der Waals surface area contributed by atoms with Crippen molar-refractivity contribution < 1.29 is 19.2 Å². The average Bonchev–Trinajstić information content (AvgIpc) is 2.29. The Hall–Kier alpha value is -2.24. The van der Waals surface area contributed by atoms with Crippen molar-refractivity contribution in [2.45, 2.75) is 20.3 Å². The molecule has 0 aromatic heterocycles. The van der Waals surface area contributed by atoms with Crippen LogP contribution in [0.15, 0.2) is 18.2 Å². The number of hydrogen-bond donors (Lipinski definition) is 0. The average molecular weight is 251 g/mol. The minimum atomic E-state index is -0.631. The Bertz CT molecular complexity index is 495. The zero-order chi connectivity index (χ0) is 13.7. The summed E-state index contributed by atoms with van der Waals surface area (Å²) in [7, 11) is 0. The number of nitro groups is 1.